The molecule has 0 bridgehead atoms. The van der Waals surface area contributed by atoms with Gasteiger partial charge in [0.1, 0.15) is 0 Å². The van der Waals surface area contributed by atoms with E-state index >= 15 is 0 Å². The molecule has 0 spiro atoms. The Kier molecular flexibility index (Phi) is 4.97. The first-order valence-corrected chi connectivity index (χ1v) is 8.49. The van der Waals surface area contributed by atoms with Crippen LogP contribution >= 0.6 is 0 Å². The Morgan fingerprint density at radius 2 is 2.00 bits per heavy atom. The monoisotopic (exact) mass is 311 g/mol. The van der Waals surface area contributed by atoms with E-state index in [9.17, 15) is 13.2 Å². The van der Waals surface area contributed by atoms with Crippen LogP contribution in [-0.2, 0) is 27.8 Å². The molecule has 116 valence electrons. The first kappa shape index (κ1) is 15.9. The summed E-state index contributed by atoms with van der Waals surface area (Å²) in [5.74, 6) is -0.242. The van der Waals surface area contributed by atoms with Crippen LogP contribution in [0, 0.1) is 0 Å². The summed E-state index contributed by atoms with van der Waals surface area (Å²) >= 11 is 0. The fraction of sp³-hybridized carbons (Fsp3) is 0.500. The molecule has 1 atom stereocenters. The highest BCUT2D eigenvalue weighted by Gasteiger charge is 2.24. The fourth-order valence-electron chi connectivity index (χ4n) is 2.25. The smallest absolute Gasteiger partial charge is 0.237 e. The number of hydrogen-bond acceptors (Lipinski definition) is 4. The predicted molar refractivity (Wildman–Crippen MR) is 81.3 cm³/mol. The van der Waals surface area contributed by atoms with E-state index < -0.39 is 10.0 Å². The number of amides is 1. The number of nitrogens with zero attached hydrogens (tertiary/aromatic N) is 1. The second-order valence-corrected chi connectivity index (χ2v) is 7.60. The maximum absolute atomic E-state index is 12.1. The van der Waals surface area contributed by atoms with E-state index in [1.807, 2.05) is 24.3 Å². The summed E-state index contributed by atoms with van der Waals surface area (Å²) < 4.78 is 24.4. The Morgan fingerprint density at radius 3 is 2.67 bits per heavy atom. The molecule has 2 N–H and O–H groups in total. The van der Waals surface area contributed by atoms with Gasteiger partial charge in [-0.05, 0) is 17.5 Å². The van der Waals surface area contributed by atoms with Gasteiger partial charge in [-0.3, -0.25) is 4.79 Å². The first-order chi connectivity index (χ1) is 9.90. The van der Waals surface area contributed by atoms with Gasteiger partial charge in [-0.15, -0.1) is 0 Å². The second-order valence-electron chi connectivity index (χ2n) is 5.30. The average molecular weight is 311 g/mol. The van der Waals surface area contributed by atoms with Gasteiger partial charge in [0.2, 0.25) is 15.9 Å². The number of carbonyl (C=O) groups excluding carboxylic acids is 1. The molecular formula is C14H21N3O3S. The minimum Gasteiger partial charge on any atom is -0.354 e. The molecular weight excluding hydrogens is 290 g/mol. The summed E-state index contributed by atoms with van der Waals surface area (Å²) in [4.78, 5) is 12.1. The summed E-state index contributed by atoms with van der Waals surface area (Å²) in [5.41, 5.74) is 2.37. The molecule has 0 saturated carbocycles. The summed E-state index contributed by atoms with van der Waals surface area (Å²) in [7, 11) is -0.309. The molecule has 0 aliphatic carbocycles. The normalized spacial score (nSPS) is 18.3. The number of fused-ring (bicyclic) bond motifs is 1. The lowest BCUT2D eigenvalue weighted by molar-refractivity contribution is -0.123. The van der Waals surface area contributed by atoms with E-state index in [0.29, 0.717) is 13.0 Å². The summed E-state index contributed by atoms with van der Waals surface area (Å²) in [6.07, 6.45) is 0.627. The minimum atomic E-state index is -3.28. The Morgan fingerprint density at radius 1 is 1.33 bits per heavy atom. The molecule has 1 amide bonds. The van der Waals surface area contributed by atoms with Gasteiger partial charge < -0.3 is 10.6 Å². The number of hydrogen-bond donors (Lipinski definition) is 2. The highest BCUT2D eigenvalue weighted by Crippen LogP contribution is 2.16. The molecule has 0 unspecified atom stereocenters. The third-order valence-electron chi connectivity index (χ3n) is 3.61. The molecule has 1 aliphatic rings. The molecule has 1 aliphatic heterocycles. The highest BCUT2D eigenvalue weighted by molar-refractivity contribution is 7.89. The quantitative estimate of drug-likeness (QED) is 0.783. The van der Waals surface area contributed by atoms with Gasteiger partial charge in [0, 0.05) is 27.2 Å². The fourth-order valence-corrected chi connectivity index (χ4v) is 2.97. The zero-order valence-corrected chi connectivity index (χ0v) is 13.1. The number of rotatable bonds is 5. The maximum Gasteiger partial charge on any atom is 0.237 e. The van der Waals surface area contributed by atoms with Crippen LogP contribution in [0.4, 0.5) is 0 Å². The number of carbonyl (C=O) groups is 1. The largest absolute Gasteiger partial charge is 0.354 e. The summed E-state index contributed by atoms with van der Waals surface area (Å²) in [6, 6.07) is 7.70. The third kappa shape index (κ3) is 4.03. The van der Waals surface area contributed by atoms with Crippen LogP contribution in [0.2, 0.25) is 0 Å². The third-order valence-corrected chi connectivity index (χ3v) is 5.45. The molecule has 0 fully saturated rings. The molecule has 0 aromatic heterocycles. The number of sulfonamides is 1. The van der Waals surface area contributed by atoms with Gasteiger partial charge in [0.15, 0.2) is 0 Å². The highest BCUT2D eigenvalue weighted by atomic mass is 32.2. The molecule has 7 heteroatoms. The van der Waals surface area contributed by atoms with E-state index in [2.05, 4.69) is 10.6 Å². The molecule has 6 nitrogen and oxygen atoms in total. The van der Waals surface area contributed by atoms with Crippen molar-refractivity contribution in [3.63, 3.8) is 0 Å². The second kappa shape index (κ2) is 6.55. The Labute approximate surface area is 125 Å². The van der Waals surface area contributed by atoms with Crippen molar-refractivity contribution in [2.24, 2.45) is 0 Å². The first-order valence-electron chi connectivity index (χ1n) is 6.88. The number of benzene rings is 1. The van der Waals surface area contributed by atoms with Crippen molar-refractivity contribution in [1.29, 1.82) is 0 Å². The molecule has 1 aromatic carbocycles. The lowest BCUT2D eigenvalue weighted by Gasteiger charge is -2.25. The van der Waals surface area contributed by atoms with Gasteiger partial charge in [-0.25, -0.2) is 12.7 Å². The molecule has 0 radical (unpaired) electrons. The van der Waals surface area contributed by atoms with Crippen molar-refractivity contribution >= 4 is 15.9 Å². The van der Waals surface area contributed by atoms with Gasteiger partial charge in [0.05, 0.1) is 11.8 Å². The SMILES string of the molecule is CN(C)S(=O)(=O)CCNC(=O)[C@@H]1Cc2ccccc2CN1. The average Bonchev–Trinajstić information content (AvgIpc) is 2.46. The van der Waals surface area contributed by atoms with E-state index in [-0.39, 0.29) is 24.2 Å². The van der Waals surface area contributed by atoms with E-state index in [4.69, 9.17) is 0 Å². The molecule has 2 rings (SSSR count). The molecule has 1 aromatic rings. The van der Waals surface area contributed by atoms with E-state index in [1.54, 1.807) is 0 Å². The molecule has 0 saturated heterocycles. The van der Waals surface area contributed by atoms with Crippen LogP contribution in [-0.4, -0.2) is 51.1 Å². The number of nitrogens with one attached hydrogen (secondary N) is 2. The van der Waals surface area contributed by atoms with Gasteiger partial charge in [-0.2, -0.15) is 0 Å². The van der Waals surface area contributed by atoms with Crippen LogP contribution in [0.15, 0.2) is 24.3 Å². The zero-order valence-electron chi connectivity index (χ0n) is 12.3. The van der Waals surface area contributed by atoms with Gasteiger partial charge >= 0.3 is 0 Å². The zero-order chi connectivity index (χ0) is 15.5. The van der Waals surface area contributed by atoms with Crippen molar-refractivity contribution in [1.82, 2.24) is 14.9 Å². The molecule has 1 heterocycles. The lowest BCUT2D eigenvalue weighted by Crippen LogP contribution is -2.48. The van der Waals surface area contributed by atoms with Crippen LogP contribution in [0.5, 0.6) is 0 Å². The van der Waals surface area contributed by atoms with Crippen LogP contribution in [0.25, 0.3) is 0 Å². The Balaban J connectivity index is 1.86. The van der Waals surface area contributed by atoms with Crippen LogP contribution in [0.1, 0.15) is 11.1 Å². The maximum atomic E-state index is 12.1. The van der Waals surface area contributed by atoms with Gasteiger partial charge in [-0.1, -0.05) is 24.3 Å². The summed E-state index contributed by atoms with van der Waals surface area (Å²) in [5, 5.41) is 5.86. The van der Waals surface area contributed by atoms with Gasteiger partial charge in [0.25, 0.3) is 0 Å². The topological polar surface area (TPSA) is 78.5 Å². The Hall–Kier alpha value is -1.44. The summed E-state index contributed by atoms with van der Waals surface area (Å²) in [6.45, 7) is 0.781. The Bertz CT molecular complexity index is 614. The van der Waals surface area contributed by atoms with Crippen molar-refractivity contribution < 1.29 is 13.2 Å². The van der Waals surface area contributed by atoms with E-state index in [0.717, 1.165) is 9.87 Å². The standard InChI is InChI=1S/C14H21N3O3S/c1-17(2)21(19,20)8-7-15-14(18)13-9-11-5-3-4-6-12(11)10-16-13/h3-6,13,16H,7-10H2,1-2H3,(H,15,18)/t13-/m0/s1. The van der Waals surface area contributed by atoms with Crippen molar-refractivity contribution in [3.8, 4) is 0 Å². The predicted octanol–water partition coefficient (Wildman–Crippen LogP) is -0.291. The molecule has 21 heavy (non-hydrogen) atoms. The van der Waals surface area contributed by atoms with Crippen LogP contribution < -0.4 is 10.6 Å². The van der Waals surface area contributed by atoms with Crippen molar-refractivity contribution in [2.45, 2.75) is 19.0 Å². The lowest BCUT2D eigenvalue weighted by atomic mass is 9.95. The van der Waals surface area contributed by atoms with Crippen molar-refractivity contribution in [2.75, 3.05) is 26.4 Å². The van der Waals surface area contributed by atoms with E-state index in [1.165, 1.54) is 19.7 Å². The van der Waals surface area contributed by atoms with Crippen molar-refractivity contribution in [3.05, 3.63) is 35.4 Å². The minimum absolute atomic E-state index is 0.0882. The van der Waals surface area contributed by atoms with Crippen LogP contribution in [0.3, 0.4) is 0 Å².